The van der Waals surface area contributed by atoms with Gasteiger partial charge in [-0.15, -0.1) is 0 Å². The molecule has 0 aromatic heterocycles. The van der Waals surface area contributed by atoms with E-state index in [0.717, 1.165) is 25.9 Å². The van der Waals surface area contributed by atoms with Crippen LogP contribution in [0.2, 0.25) is 0 Å². The average Bonchev–Trinajstić information content (AvgIpc) is 2.87. The monoisotopic (exact) mass is 240 g/mol. The number of amides is 3. The zero-order chi connectivity index (χ0) is 12.5. The Balaban J connectivity index is 1.97. The SMILES string of the molecule is CCC1(C)C(=O)NC(=O)N1CCC1CCCO1. The maximum Gasteiger partial charge on any atom is 0.325 e. The Morgan fingerprint density at radius 1 is 1.53 bits per heavy atom. The van der Waals surface area contributed by atoms with E-state index in [-0.39, 0.29) is 18.0 Å². The molecule has 5 nitrogen and oxygen atoms in total. The van der Waals surface area contributed by atoms with Gasteiger partial charge in [-0.05, 0) is 32.6 Å². The van der Waals surface area contributed by atoms with Gasteiger partial charge < -0.3 is 9.64 Å². The molecule has 0 aromatic carbocycles. The number of ether oxygens (including phenoxy) is 1. The minimum absolute atomic E-state index is 0.183. The molecule has 0 aliphatic carbocycles. The molecule has 0 radical (unpaired) electrons. The van der Waals surface area contributed by atoms with E-state index in [1.807, 2.05) is 13.8 Å². The molecule has 2 aliphatic heterocycles. The quantitative estimate of drug-likeness (QED) is 0.753. The second-order valence-electron chi connectivity index (χ2n) is 4.96. The van der Waals surface area contributed by atoms with Crippen molar-refractivity contribution in [1.82, 2.24) is 10.2 Å². The fourth-order valence-corrected chi connectivity index (χ4v) is 2.49. The number of urea groups is 1. The van der Waals surface area contributed by atoms with Gasteiger partial charge in [0.25, 0.3) is 5.91 Å². The summed E-state index contributed by atoms with van der Waals surface area (Å²) in [5.74, 6) is -0.183. The lowest BCUT2D eigenvalue weighted by Gasteiger charge is -2.31. The Hall–Kier alpha value is -1.10. The first-order chi connectivity index (χ1) is 8.08. The minimum atomic E-state index is -0.685. The van der Waals surface area contributed by atoms with Crippen LogP contribution in [0.25, 0.3) is 0 Å². The summed E-state index contributed by atoms with van der Waals surface area (Å²) < 4.78 is 5.53. The molecule has 0 aromatic rings. The molecule has 96 valence electrons. The van der Waals surface area contributed by atoms with Gasteiger partial charge in [-0.2, -0.15) is 0 Å². The largest absolute Gasteiger partial charge is 0.378 e. The zero-order valence-electron chi connectivity index (χ0n) is 10.5. The van der Waals surface area contributed by atoms with Gasteiger partial charge in [-0.25, -0.2) is 4.79 Å². The summed E-state index contributed by atoms with van der Waals surface area (Å²) in [4.78, 5) is 25.1. The number of carbonyl (C=O) groups is 2. The molecule has 17 heavy (non-hydrogen) atoms. The van der Waals surface area contributed by atoms with E-state index in [0.29, 0.717) is 13.0 Å². The molecule has 2 saturated heterocycles. The van der Waals surface area contributed by atoms with Gasteiger partial charge in [0, 0.05) is 13.2 Å². The number of hydrogen-bond donors (Lipinski definition) is 1. The van der Waals surface area contributed by atoms with Crippen molar-refractivity contribution < 1.29 is 14.3 Å². The molecule has 5 heteroatoms. The van der Waals surface area contributed by atoms with Gasteiger partial charge in [0.2, 0.25) is 0 Å². The third kappa shape index (κ3) is 2.16. The second-order valence-corrected chi connectivity index (χ2v) is 4.96. The van der Waals surface area contributed by atoms with Crippen LogP contribution >= 0.6 is 0 Å². The molecule has 1 N–H and O–H groups in total. The third-order valence-electron chi connectivity index (χ3n) is 3.94. The highest BCUT2D eigenvalue weighted by molar-refractivity contribution is 6.06. The van der Waals surface area contributed by atoms with Crippen molar-refractivity contribution in [1.29, 1.82) is 0 Å². The molecule has 0 bridgehead atoms. The smallest absolute Gasteiger partial charge is 0.325 e. The van der Waals surface area contributed by atoms with E-state index in [9.17, 15) is 9.59 Å². The van der Waals surface area contributed by atoms with Crippen molar-refractivity contribution in [2.75, 3.05) is 13.2 Å². The van der Waals surface area contributed by atoms with E-state index < -0.39 is 5.54 Å². The van der Waals surface area contributed by atoms with E-state index in [2.05, 4.69) is 5.32 Å². The van der Waals surface area contributed by atoms with Crippen molar-refractivity contribution in [3.63, 3.8) is 0 Å². The van der Waals surface area contributed by atoms with Crippen molar-refractivity contribution in [3.05, 3.63) is 0 Å². The van der Waals surface area contributed by atoms with E-state index in [1.54, 1.807) is 4.90 Å². The highest BCUT2D eigenvalue weighted by Gasteiger charge is 2.47. The van der Waals surface area contributed by atoms with Crippen LogP contribution in [-0.2, 0) is 9.53 Å². The van der Waals surface area contributed by atoms with E-state index in [1.165, 1.54) is 0 Å². The number of imide groups is 1. The zero-order valence-corrected chi connectivity index (χ0v) is 10.5. The molecule has 2 rings (SSSR count). The first kappa shape index (κ1) is 12.4. The van der Waals surface area contributed by atoms with Crippen molar-refractivity contribution in [2.24, 2.45) is 0 Å². The number of carbonyl (C=O) groups excluding carboxylic acids is 2. The highest BCUT2D eigenvalue weighted by atomic mass is 16.5. The lowest BCUT2D eigenvalue weighted by molar-refractivity contribution is -0.126. The third-order valence-corrected chi connectivity index (χ3v) is 3.94. The van der Waals surface area contributed by atoms with Gasteiger partial charge in [0.15, 0.2) is 0 Å². The molecule has 2 fully saturated rings. The maximum absolute atomic E-state index is 11.7. The van der Waals surface area contributed by atoms with Gasteiger partial charge in [-0.3, -0.25) is 10.1 Å². The molecule has 2 aliphatic rings. The average molecular weight is 240 g/mol. The van der Waals surface area contributed by atoms with Crippen molar-refractivity contribution in [3.8, 4) is 0 Å². The summed E-state index contributed by atoms with van der Waals surface area (Å²) in [5, 5.41) is 2.39. The molecule has 0 saturated carbocycles. The first-order valence-electron chi connectivity index (χ1n) is 6.32. The van der Waals surface area contributed by atoms with E-state index >= 15 is 0 Å². The summed E-state index contributed by atoms with van der Waals surface area (Å²) in [6.07, 6.45) is 3.86. The van der Waals surface area contributed by atoms with Crippen molar-refractivity contribution >= 4 is 11.9 Å². The molecule has 3 amide bonds. The molecule has 2 atom stereocenters. The van der Waals surface area contributed by atoms with Gasteiger partial charge >= 0.3 is 6.03 Å². The maximum atomic E-state index is 11.7. The second kappa shape index (κ2) is 4.64. The first-order valence-corrected chi connectivity index (χ1v) is 6.32. The molecular weight excluding hydrogens is 220 g/mol. The number of rotatable bonds is 4. The Bertz CT molecular complexity index is 326. The van der Waals surface area contributed by atoms with Crippen molar-refractivity contribution in [2.45, 2.75) is 51.2 Å². The van der Waals surface area contributed by atoms with Crippen LogP contribution in [0.15, 0.2) is 0 Å². The topological polar surface area (TPSA) is 58.6 Å². The number of nitrogens with zero attached hydrogens (tertiary/aromatic N) is 1. The summed E-state index contributed by atoms with van der Waals surface area (Å²) in [7, 11) is 0. The van der Waals surface area contributed by atoms with Crippen LogP contribution in [0.3, 0.4) is 0 Å². The summed E-state index contributed by atoms with van der Waals surface area (Å²) in [5.41, 5.74) is -0.685. The normalized spacial score (nSPS) is 33.3. The fourth-order valence-electron chi connectivity index (χ4n) is 2.49. The Labute approximate surface area is 101 Å². The lowest BCUT2D eigenvalue weighted by atomic mass is 9.97. The Morgan fingerprint density at radius 2 is 2.29 bits per heavy atom. The summed E-state index contributed by atoms with van der Waals surface area (Å²) in [6.45, 7) is 5.16. The van der Waals surface area contributed by atoms with Gasteiger partial charge in [-0.1, -0.05) is 6.92 Å². The van der Waals surface area contributed by atoms with Crippen LogP contribution in [0.5, 0.6) is 0 Å². The Kier molecular flexibility index (Phi) is 3.38. The van der Waals surface area contributed by atoms with E-state index in [4.69, 9.17) is 4.74 Å². The molecule has 0 spiro atoms. The molecular formula is C12H20N2O3. The standard InChI is InChI=1S/C12H20N2O3/c1-3-12(2)10(15)13-11(16)14(12)7-6-9-5-4-8-17-9/h9H,3-8H2,1-2H3,(H,13,15,16). The van der Waals surface area contributed by atoms with Crippen LogP contribution in [0.4, 0.5) is 4.79 Å². The van der Waals surface area contributed by atoms with Crippen LogP contribution < -0.4 is 5.32 Å². The number of hydrogen-bond acceptors (Lipinski definition) is 3. The summed E-state index contributed by atoms with van der Waals surface area (Å²) in [6, 6.07) is -0.266. The number of nitrogens with one attached hydrogen (secondary N) is 1. The summed E-state index contributed by atoms with van der Waals surface area (Å²) >= 11 is 0. The minimum Gasteiger partial charge on any atom is -0.378 e. The molecule has 2 heterocycles. The van der Waals surface area contributed by atoms with Crippen LogP contribution in [0.1, 0.15) is 39.5 Å². The van der Waals surface area contributed by atoms with Crippen LogP contribution in [-0.4, -0.2) is 41.6 Å². The Morgan fingerprint density at radius 3 is 2.88 bits per heavy atom. The molecule has 2 unspecified atom stereocenters. The van der Waals surface area contributed by atoms with Gasteiger partial charge in [0.05, 0.1) is 6.10 Å². The lowest BCUT2D eigenvalue weighted by Crippen LogP contribution is -2.47. The highest BCUT2D eigenvalue weighted by Crippen LogP contribution is 2.26. The predicted octanol–water partition coefficient (Wildman–Crippen LogP) is 1.28. The fraction of sp³-hybridized carbons (Fsp3) is 0.833. The van der Waals surface area contributed by atoms with Crippen LogP contribution in [0, 0.1) is 0 Å². The predicted molar refractivity (Wildman–Crippen MR) is 62.5 cm³/mol. The van der Waals surface area contributed by atoms with Gasteiger partial charge in [0.1, 0.15) is 5.54 Å².